The minimum atomic E-state index is 0.183. The first-order chi connectivity index (χ1) is 9.76. The minimum Gasteiger partial charge on any atom is -0.395 e. The Morgan fingerprint density at radius 2 is 1.85 bits per heavy atom. The van der Waals surface area contributed by atoms with E-state index in [4.69, 9.17) is 0 Å². The zero-order valence-corrected chi connectivity index (χ0v) is 12.9. The third-order valence-electron chi connectivity index (χ3n) is 4.97. The van der Waals surface area contributed by atoms with Crippen molar-refractivity contribution >= 4 is 5.91 Å². The molecule has 0 aromatic carbocycles. The Kier molecular flexibility index (Phi) is 6.30. The highest BCUT2D eigenvalue weighted by atomic mass is 16.3. The van der Waals surface area contributed by atoms with Gasteiger partial charge in [-0.25, -0.2) is 0 Å². The van der Waals surface area contributed by atoms with Gasteiger partial charge in [-0.05, 0) is 39.2 Å². The molecule has 1 atom stereocenters. The van der Waals surface area contributed by atoms with Crippen molar-refractivity contribution in [2.75, 3.05) is 26.2 Å². The molecule has 1 saturated heterocycles. The maximum Gasteiger partial charge on any atom is 0.236 e. The lowest BCUT2D eigenvalue weighted by atomic mass is 9.94. The van der Waals surface area contributed by atoms with Crippen molar-refractivity contribution < 1.29 is 9.90 Å². The van der Waals surface area contributed by atoms with Crippen LogP contribution in [0.3, 0.4) is 0 Å². The van der Waals surface area contributed by atoms with E-state index in [0.29, 0.717) is 12.6 Å². The first kappa shape index (κ1) is 15.8. The molecule has 116 valence electrons. The fourth-order valence-electron chi connectivity index (χ4n) is 3.77. The summed E-state index contributed by atoms with van der Waals surface area (Å²) < 4.78 is 0. The molecule has 1 saturated carbocycles. The van der Waals surface area contributed by atoms with Crippen molar-refractivity contribution in [1.29, 1.82) is 0 Å². The zero-order valence-electron chi connectivity index (χ0n) is 12.9. The van der Waals surface area contributed by atoms with Gasteiger partial charge in [0.25, 0.3) is 0 Å². The Balaban J connectivity index is 1.90. The maximum atomic E-state index is 12.6. The first-order valence-electron chi connectivity index (χ1n) is 8.40. The Hall–Kier alpha value is -0.610. The van der Waals surface area contributed by atoms with Crippen molar-refractivity contribution in [3.63, 3.8) is 0 Å². The quantitative estimate of drug-likeness (QED) is 0.839. The Morgan fingerprint density at radius 3 is 2.50 bits per heavy atom. The van der Waals surface area contributed by atoms with Crippen LogP contribution in [0, 0.1) is 0 Å². The summed E-state index contributed by atoms with van der Waals surface area (Å²) in [6.45, 7) is 4.55. The van der Waals surface area contributed by atoms with Crippen LogP contribution in [-0.2, 0) is 4.79 Å². The third-order valence-corrected chi connectivity index (χ3v) is 4.97. The van der Waals surface area contributed by atoms with Gasteiger partial charge in [-0.3, -0.25) is 9.69 Å². The van der Waals surface area contributed by atoms with E-state index in [-0.39, 0.29) is 18.6 Å². The van der Waals surface area contributed by atoms with Crippen molar-refractivity contribution in [3.05, 3.63) is 0 Å². The van der Waals surface area contributed by atoms with E-state index in [1.807, 2.05) is 0 Å². The minimum absolute atomic E-state index is 0.183. The number of hydrogen-bond acceptors (Lipinski definition) is 3. The smallest absolute Gasteiger partial charge is 0.236 e. The van der Waals surface area contributed by atoms with Crippen molar-refractivity contribution in [1.82, 2.24) is 9.80 Å². The molecule has 0 bridgehead atoms. The van der Waals surface area contributed by atoms with Gasteiger partial charge in [-0.2, -0.15) is 0 Å². The Morgan fingerprint density at radius 1 is 1.15 bits per heavy atom. The lowest BCUT2D eigenvalue weighted by Crippen LogP contribution is -2.50. The monoisotopic (exact) mass is 282 g/mol. The molecule has 2 fully saturated rings. The van der Waals surface area contributed by atoms with Crippen molar-refractivity contribution in [2.45, 2.75) is 70.4 Å². The van der Waals surface area contributed by atoms with Crippen LogP contribution < -0.4 is 0 Å². The second-order valence-electron chi connectivity index (χ2n) is 6.27. The molecule has 2 aliphatic rings. The molecule has 0 unspecified atom stereocenters. The maximum absolute atomic E-state index is 12.6. The molecule has 20 heavy (non-hydrogen) atoms. The van der Waals surface area contributed by atoms with E-state index in [1.165, 1.54) is 38.5 Å². The van der Waals surface area contributed by atoms with Crippen LogP contribution in [0.2, 0.25) is 0 Å². The predicted molar refractivity (Wildman–Crippen MR) is 80.6 cm³/mol. The second kappa shape index (κ2) is 7.99. The summed E-state index contributed by atoms with van der Waals surface area (Å²) >= 11 is 0. The molecule has 0 spiro atoms. The number of aliphatic hydroxyl groups is 1. The van der Waals surface area contributed by atoms with Crippen LogP contribution in [0.4, 0.5) is 0 Å². The zero-order chi connectivity index (χ0) is 14.4. The molecule has 1 aliphatic carbocycles. The van der Waals surface area contributed by atoms with Crippen molar-refractivity contribution in [2.24, 2.45) is 0 Å². The van der Waals surface area contributed by atoms with Gasteiger partial charge in [-0.15, -0.1) is 0 Å². The average molecular weight is 282 g/mol. The number of carbonyl (C=O) groups is 1. The summed E-state index contributed by atoms with van der Waals surface area (Å²) in [6.07, 6.45) is 9.54. The Bertz CT molecular complexity index is 303. The lowest BCUT2D eigenvalue weighted by Gasteiger charge is -2.38. The molecule has 1 N–H and O–H groups in total. The van der Waals surface area contributed by atoms with Gasteiger partial charge >= 0.3 is 0 Å². The molecular weight excluding hydrogens is 252 g/mol. The molecule has 1 aliphatic heterocycles. The predicted octanol–water partition coefficient (Wildman–Crippen LogP) is 2.01. The number of hydrogen-bond donors (Lipinski definition) is 1. The molecule has 1 heterocycles. The highest BCUT2D eigenvalue weighted by Gasteiger charge is 2.28. The van der Waals surface area contributed by atoms with Gasteiger partial charge in [-0.1, -0.05) is 25.7 Å². The molecule has 4 heteroatoms. The second-order valence-corrected chi connectivity index (χ2v) is 6.27. The van der Waals surface area contributed by atoms with Gasteiger partial charge in [0.15, 0.2) is 0 Å². The van der Waals surface area contributed by atoms with E-state index in [0.717, 1.165) is 25.9 Å². The number of likely N-dealkylation sites (N-methyl/N-ethyl adjacent to an activating group) is 1. The standard InChI is InChI=1S/C16H30N2O2/c1-2-18(14-8-4-3-5-9-14)16(20)12-17-11-7-6-10-15(17)13-19/h14-15,19H,2-13H2,1H3/t15-/m1/s1. The lowest BCUT2D eigenvalue weighted by molar-refractivity contribution is -0.136. The normalized spacial score (nSPS) is 25.6. The van der Waals surface area contributed by atoms with Crippen LogP contribution in [0.5, 0.6) is 0 Å². The number of nitrogens with zero attached hydrogens (tertiary/aromatic N) is 2. The number of carbonyl (C=O) groups excluding carboxylic acids is 1. The molecule has 1 amide bonds. The van der Waals surface area contributed by atoms with Crippen LogP contribution in [0.15, 0.2) is 0 Å². The summed E-state index contributed by atoms with van der Waals surface area (Å²) in [6, 6.07) is 0.649. The van der Waals surface area contributed by atoms with E-state index in [1.54, 1.807) is 0 Å². The van der Waals surface area contributed by atoms with Gasteiger partial charge in [0, 0.05) is 18.6 Å². The average Bonchev–Trinajstić information content (AvgIpc) is 2.49. The highest BCUT2D eigenvalue weighted by molar-refractivity contribution is 5.78. The van der Waals surface area contributed by atoms with Crippen LogP contribution in [0.1, 0.15) is 58.3 Å². The third kappa shape index (κ3) is 3.95. The molecule has 0 aromatic heterocycles. The van der Waals surface area contributed by atoms with Gasteiger partial charge in [0.1, 0.15) is 0 Å². The highest BCUT2D eigenvalue weighted by Crippen LogP contribution is 2.23. The Labute approximate surface area is 123 Å². The van der Waals surface area contributed by atoms with E-state index >= 15 is 0 Å². The summed E-state index contributed by atoms with van der Waals surface area (Å²) in [5.74, 6) is 0.264. The number of likely N-dealkylation sites (tertiary alicyclic amines) is 1. The van der Waals surface area contributed by atoms with E-state index in [9.17, 15) is 9.90 Å². The van der Waals surface area contributed by atoms with E-state index in [2.05, 4.69) is 16.7 Å². The summed E-state index contributed by atoms with van der Waals surface area (Å²) in [4.78, 5) is 16.9. The number of piperidine rings is 1. The number of aliphatic hydroxyl groups excluding tert-OH is 1. The molecule has 0 aromatic rings. The number of rotatable bonds is 5. The fourth-order valence-corrected chi connectivity index (χ4v) is 3.77. The van der Waals surface area contributed by atoms with Crippen LogP contribution >= 0.6 is 0 Å². The topological polar surface area (TPSA) is 43.8 Å². The van der Waals surface area contributed by atoms with Gasteiger partial charge in [0.05, 0.1) is 13.2 Å². The summed E-state index contributed by atoms with van der Waals surface area (Å²) in [5, 5.41) is 9.45. The van der Waals surface area contributed by atoms with Crippen molar-refractivity contribution in [3.8, 4) is 0 Å². The number of amides is 1. The first-order valence-corrected chi connectivity index (χ1v) is 8.40. The summed E-state index contributed by atoms with van der Waals surface area (Å²) in [5.41, 5.74) is 0. The van der Waals surface area contributed by atoms with Gasteiger partial charge in [0.2, 0.25) is 5.91 Å². The fraction of sp³-hybridized carbons (Fsp3) is 0.938. The van der Waals surface area contributed by atoms with E-state index < -0.39 is 0 Å². The molecule has 4 nitrogen and oxygen atoms in total. The van der Waals surface area contributed by atoms with Crippen LogP contribution in [0.25, 0.3) is 0 Å². The largest absolute Gasteiger partial charge is 0.395 e. The molecule has 2 rings (SSSR count). The molecule has 0 radical (unpaired) electrons. The van der Waals surface area contributed by atoms with Crippen LogP contribution in [-0.4, -0.2) is 59.1 Å². The van der Waals surface area contributed by atoms with Gasteiger partial charge < -0.3 is 10.0 Å². The SMILES string of the molecule is CCN(C(=O)CN1CCCC[C@@H]1CO)C1CCCCC1. The molecular formula is C16H30N2O2. The summed E-state index contributed by atoms with van der Waals surface area (Å²) in [7, 11) is 0.